The molecule has 0 bridgehead atoms. The number of fused-ring (bicyclic) bond motifs is 1. The van der Waals surface area contributed by atoms with Crippen molar-refractivity contribution >= 4 is 22.8 Å². The standard InChI is InChI=1S/C20H16N2O2/c1-13-5-3-8-18-19(13)17(12-22-18)20(23)15(11-21)9-14-6-4-7-16(10-14)24-2/h3-10,12,22H,1-2H3/b15-9-. The van der Waals surface area contributed by atoms with Crippen molar-refractivity contribution in [3.05, 3.63) is 70.9 Å². The number of allylic oxidation sites excluding steroid dienone is 1. The lowest BCUT2D eigenvalue weighted by atomic mass is 9.99. The van der Waals surface area contributed by atoms with Gasteiger partial charge >= 0.3 is 0 Å². The van der Waals surface area contributed by atoms with Crippen LogP contribution in [-0.2, 0) is 0 Å². The highest BCUT2D eigenvalue weighted by molar-refractivity contribution is 6.20. The lowest BCUT2D eigenvalue weighted by Gasteiger charge is -2.03. The van der Waals surface area contributed by atoms with Crippen molar-refractivity contribution in [3.63, 3.8) is 0 Å². The van der Waals surface area contributed by atoms with Gasteiger partial charge in [-0.05, 0) is 42.3 Å². The number of hydrogen-bond acceptors (Lipinski definition) is 3. The topological polar surface area (TPSA) is 65.9 Å². The summed E-state index contributed by atoms with van der Waals surface area (Å²) in [4.78, 5) is 15.9. The number of aromatic amines is 1. The van der Waals surface area contributed by atoms with E-state index in [-0.39, 0.29) is 11.4 Å². The van der Waals surface area contributed by atoms with Gasteiger partial charge in [-0.1, -0.05) is 24.3 Å². The highest BCUT2D eigenvalue weighted by Gasteiger charge is 2.17. The lowest BCUT2D eigenvalue weighted by Crippen LogP contribution is -2.01. The van der Waals surface area contributed by atoms with Gasteiger partial charge in [-0.15, -0.1) is 0 Å². The van der Waals surface area contributed by atoms with Gasteiger partial charge in [-0.3, -0.25) is 4.79 Å². The number of carbonyl (C=O) groups excluding carboxylic acids is 1. The first-order valence-corrected chi connectivity index (χ1v) is 7.51. The molecule has 24 heavy (non-hydrogen) atoms. The number of H-pyrrole nitrogens is 1. The van der Waals surface area contributed by atoms with Crippen LogP contribution in [0, 0.1) is 18.3 Å². The second kappa shape index (κ2) is 6.43. The van der Waals surface area contributed by atoms with Crippen LogP contribution in [0.4, 0.5) is 0 Å². The second-order valence-corrected chi connectivity index (χ2v) is 5.48. The van der Waals surface area contributed by atoms with E-state index in [1.54, 1.807) is 25.4 Å². The first-order chi connectivity index (χ1) is 11.6. The number of nitriles is 1. The van der Waals surface area contributed by atoms with Gasteiger partial charge in [0, 0.05) is 22.7 Å². The monoisotopic (exact) mass is 316 g/mol. The molecule has 4 nitrogen and oxygen atoms in total. The number of aromatic nitrogens is 1. The van der Waals surface area contributed by atoms with Gasteiger partial charge in [-0.2, -0.15) is 5.26 Å². The molecule has 0 saturated carbocycles. The molecule has 0 saturated heterocycles. The zero-order chi connectivity index (χ0) is 17.1. The van der Waals surface area contributed by atoms with E-state index in [1.807, 2.05) is 49.4 Å². The molecule has 3 aromatic rings. The van der Waals surface area contributed by atoms with Gasteiger partial charge in [0.2, 0.25) is 5.78 Å². The maximum Gasteiger partial charge on any atom is 0.205 e. The number of benzene rings is 2. The normalized spacial score (nSPS) is 11.3. The molecule has 1 heterocycles. The molecule has 0 aliphatic heterocycles. The molecule has 2 aromatic carbocycles. The number of ketones is 1. The molecule has 0 fully saturated rings. The van der Waals surface area contributed by atoms with Crippen LogP contribution in [0.5, 0.6) is 5.75 Å². The summed E-state index contributed by atoms with van der Waals surface area (Å²) < 4.78 is 5.17. The summed E-state index contributed by atoms with van der Waals surface area (Å²) in [5.41, 5.74) is 3.23. The first-order valence-electron chi connectivity index (χ1n) is 7.51. The van der Waals surface area contributed by atoms with Crippen LogP contribution in [0.25, 0.3) is 17.0 Å². The minimum absolute atomic E-state index is 0.0902. The predicted octanol–water partition coefficient (Wildman–Crippen LogP) is 4.27. The van der Waals surface area contributed by atoms with Gasteiger partial charge in [0.1, 0.15) is 17.4 Å². The summed E-state index contributed by atoms with van der Waals surface area (Å²) in [6.45, 7) is 1.95. The minimum Gasteiger partial charge on any atom is -0.497 e. The molecule has 0 amide bonds. The molecule has 0 aliphatic rings. The third-order valence-electron chi connectivity index (χ3n) is 3.93. The molecule has 1 N–H and O–H groups in total. The number of ether oxygens (including phenoxy) is 1. The smallest absolute Gasteiger partial charge is 0.205 e. The third-order valence-corrected chi connectivity index (χ3v) is 3.93. The summed E-state index contributed by atoms with van der Waals surface area (Å²) in [7, 11) is 1.58. The van der Waals surface area contributed by atoms with E-state index >= 15 is 0 Å². The van der Waals surface area contributed by atoms with E-state index in [1.165, 1.54) is 0 Å². The summed E-state index contributed by atoms with van der Waals surface area (Å²) >= 11 is 0. The van der Waals surface area contributed by atoms with Crippen LogP contribution in [0.15, 0.2) is 54.2 Å². The number of rotatable bonds is 4. The van der Waals surface area contributed by atoms with E-state index in [4.69, 9.17) is 4.74 Å². The number of aryl methyl sites for hydroxylation is 1. The van der Waals surface area contributed by atoms with Crippen LogP contribution >= 0.6 is 0 Å². The van der Waals surface area contributed by atoms with Crippen molar-refractivity contribution in [1.82, 2.24) is 4.98 Å². The van der Waals surface area contributed by atoms with Crippen LogP contribution in [0.3, 0.4) is 0 Å². The van der Waals surface area contributed by atoms with Gasteiger partial charge in [0.05, 0.1) is 7.11 Å². The molecular weight excluding hydrogens is 300 g/mol. The molecule has 0 unspecified atom stereocenters. The van der Waals surface area contributed by atoms with Gasteiger partial charge < -0.3 is 9.72 Å². The summed E-state index contributed by atoms with van der Waals surface area (Å²) in [6, 6.07) is 15.1. The Kier molecular flexibility index (Phi) is 4.17. The van der Waals surface area contributed by atoms with E-state index < -0.39 is 0 Å². The molecule has 1 aromatic heterocycles. The van der Waals surface area contributed by atoms with Crippen molar-refractivity contribution in [1.29, 1.82) is 5.26 Å². The lowest BCUT2D eigenvalue weighted by molar-refractivity contribution is 0.104. The maximum atomic E-state index is 12.8. The Morgan fingerprint density at radius 1 is 1.25 bits per heavy atom. The molecule has 0 radical (unpaired) electrons. The fourth-order valence-corrected chi connectivity index (χ4v) is 2.74. The Labute approximate surface area is 140 Å². The molecular formula is C20H16N2O2. The van der Waals surface area contributed by atoms with Gasteiger partial charge in [-0.25, -0.2) is 0 Å². The third kappa shape index (κ3) is 2.80. The zero-order valence-electron chi connectivity index (χ0n) is 13.5. The maximum absolute atomic E-state index is 12.8. The van der Waals surface area contributed by atoms with Crippen LogP contribution in [0.2, 0.25) is 0 Å². The Bertz CT molecular complexity index is 990. The number of Topliss-reactive ketones (excluding diaryl/α,β-unsaturated/α-hetero) is 1. The average molecular weight is 316 g/mol. The second-order valence-electron chi connectivity index (χ2n) is 5.48. The number of carbonyl (C=O) groups is 1. The minimum atomic E-state index is -0.291. The fraction of sp³-hybridized carbons (Fsp3) is 0.100. The van der Waals surface area contributed by atoms with Gasteiger partial charge in [0.15, 0.2) is 0 Å². The Balaban J connectivity index is 2.06. The molecule has 118 valence electrons. The molecule has 0 aliphatic carbocycles. The number of nitrogens with zero attached hydrogens (tertiary/aromatic N) is 1. The largest absolute Gasteiger partial charge is 0.497 e. The van der Waals surface area contributed by atoms with Crippen molar-refractivity contribution < 1.29 is 9.53 Å². The van der Waals surface area contributed by atoms with Crippen molar-refractivity contribution in [2.45, 2.75) is 6.92 Å². The van der Waals surface area contributed by atoms with E-state index in [0.29, 0.717) is 11.3 Å². The SMILES string of the molecule is COc1cccc(/C=C(/C#N)C(=O)c2c[nH]c3cccc(C)c23)c1. The molecule has 3 rings (SSSR count). The molecule has 0 atom stereocenters. The number of nitrogens with one attached hydrogen (secondary N) is 1. The highest BCUT2D eigenvalue weighted by atomic mass is 16.5. The van der Waals surface area contributed by atoms with Crippen LogP contribution < -0.4 is 4.74 Å². The summed E-state index contributed by atoms with van der Waals surface area (Å²) in [5.74, 6) is 0.386. The summed E-state index contributed by atoms with van der Waals surface area (Å²) in [5, 5.41) is 10.3. The number of hydrogen-bond donors (Lipinski definition) is 1. The Morgan fingerprint density at radius 2 is 2.04 bits per heavy atom. The highest BCUT2D eigenvalue weighted by Crippen LogP contribution is 2.25. The van der Waals surface area contributed by atoms with E-state index in [0.717, 1.165) is 22.0 Å². The quantitative estimate of drug-likeness (QED) is 0.444. The van der Waals surface area contributed by atoms with Crippen LogP contribution in [0.1, 0.15) is 21.5 Å². The first kappa shape index (κ1) is 15.6. The fourth-order valence-electron chi connectivity index (χ4n) is 2.74. The van der Waals surface area contributed by atoms with Crippen molar-refractivity contribution in [2.75, 3.05) is 7.11 Å². The average Bonchev–Trinajstić information content (AvgIpc) is 3.05. The molecule has 0 spiro atoms. The van der Waals surface area contributed by atoms with Gasteiger partial charge in [0.25, 0.3) is 0 Å². The number of methoxy groups -OCH3 is 1. The van der Waals surface area contributed by atoms with Crippen LogP contribution in [-0.4, -0.2) is 17.9 Å². The Morgan fingerprint density at radius 3 is 2.79 bits per heavy atom. The zero-order valence-corrected chi connectivity index (χ0v) is 13.5. The Hall–Kier alpha value is -3.32. The van der Waals surface area contributed by atoms with E-state index in [9.17, 15) is 10.1 Å². The summed E-state index contributed by atoms with van der Waals surface area (Å²) in [6.07, 6.45) is 3.25. The van der Waals surface area contributed by atoms with E-state index in [2.05, 4.69) is 4.98 Å². The molecule has 4 heteroatoms. The predicted molar refractivity (Wildman–Crippen MR) is 94.0 cm³/mol. The van der Waals surface area contributed by atoms with Crippen molar-refractivity contribution in [3.8, 4) is 11.8 Å². The van der Waals surface area contributed by atoms with Crippen molar-refractivity contribution in [2.24, 2.45) is 0 Å².